The van der Waals surface area contributed by atoms with E-state index < -0.39 is 0 Å². The van der Waals surface area contributed by atoms with Gasteiger partial charge < -0.3 is 9.64 Å². The smallest absolute Gasteiger partial charge is 0.327 e. The maximum Gasteiger partial charge on any atom is 0.327 e. The second-order valence-corrected chi connectivity index (χ2v) is 7.66. The van der Waals surface area contributed by atoms with Crippen LogP contribution in [0, 0.1) is 5.41 Å². The molecule has 0 saturated carbocycles. The van der Waals surface area contributed by atoms with Crippen LogP contribution in [0.4, 0.5) is 4.79 Å². The molecule has 0 N–H and O–H groups in total. The molecule has 3 aliphatic heterocycles. The fourth-order valence-electron chi connectivity index (χ4n) is 4.63. The monoisotopic (exact) mass is 358 g/mol. The number of imide groups is 1. The zero-order valence-corrected chi connectivity index (χ0v) is 15.5. The summed E-state index contributed by atoms with van der Waals surface area (Å²) in [5, 5.41) is 0. The number of piperidine rings is 1. The number of amides is 3. The number of rotatable bonds is 4. The molecule has 4 heterocycles. The van der Waals surface area contributed by atoms with Crippen LogP contribution in [0.25, 0.3) is 0 Å². The van der Waals surface area contributed by atoms with Gasteiger partial charge in [-0.05, 0) is 50.8 Å². The molecule has 1 atom stereocenters. The number of carbonyl (C=O) groups is 2. The Hall–Kier alpha value is -2.15. The Balaban J connectivity index is 1.37. The molecule has 0 aliphatic carbocycles. The minimum absolute atomic E-state index is 0.00242. The quantitative estimate of drug-likeness (QED) is 0.767. The number of hydrogen-bond acceptors (Lipinski definition) is 5. The first-order valence-corrected chi connectivity index (χ1v) is 9.39. The van der Waals surface area contributed by atoms with Gasteiger partial charge in [0.1, 0.15) is 6.04 Å². The average molecular weight is 358 g/mol. The lowest BCUT2D eigenvalue weighted by Crippen LogP contribution is -2.43. The molecule has 26 heavy (non-hydrogen) atoms. The van der Waals surface area contributed by atoms with Crippen LogP contribution >= 0.6 is 0 Å². The van der Waals surface area contributed by atoms with E-state index in [0.717, 1.165) is 51.1 Å². The molecule has 7 heteroatoms. The maximum atomic E-state index is 12.5. The van der Waals surface area contributed by atoms with E-state index in [1.165, 1.54) is 4.90 Å². The fraction of sp³-hybridized carbons (Fsp3) is 0.632. The van der Waals surface area contributed by atoms with E-state index in [2.05, 4.69) is 9.88 Å². The molecule has 0 radical (unpaired) electrons. The van der Waals surface area contributed by atoms with Crippen molar-refractivity contribution in [3.05, 3.63) is 23.9 Å². The van der Waals surface area contributed by atoms with Crippen molar-refractivity contribution in [2.24, 2.45) is 5.41 Å². The predicted molar refractivity (Wildman–Crippen MR) is 95.6 cm³/mol. The Morgan fingerprint density at radius 2 is 2.04 bits per heavy atom. The van der Waals surface area contributed by atoms with E-state index in [4.69, 9.17) is 4.74 Å². The van der Waals surface area contributed by atoms with Crippen molar-refractivity contribution in [2.75, 3.05) is 33.3 Å². The lowest BCUT2D eigenvalue weighted by atomic mass is 9.76. The molecule has 1 aromatic rings. The molecular weight excluding hydrogens is 332 g/mol. The van der Waals surface area contributed by atoms with Crippen molar-refractivity contribution in [1.82, 2.24) is 19.7 Å². The first-order chi connectivity index (χ1) is 12.5. The van der Waals surface area contributed by atoms with E-state index in [1.807, 2.05) is 30.0 Å². The van der Waals surface area contributed by atoms with E-state index >= 15 is 0 Å². The van der Waals surface area contributed by atoms with Gasteiger partial charge in [0.25, 0.3) is 5.91 Å². The zero-order valence-electron chi connectivity index (χ0n) is 15.5. The minimum atomic E-state index is -0.228. The number of pyridine rings is 1. The average Bonchev–Trinajstić information content (AvgIpc) is 3.13. The Morgan fingerprint density at radius 1 is 1.27 bits per heavy atom. The SMILES string of the molecule is CCN1C(=O)C2CC3(CCN(Cc4cccc(OC)n4)CC3)CN2C1=O. The Bertz CT molecular complexity index is 688. The van der Waals surface area contributed by atoms with Gasteiger partial charge in [0.15, 0.2) is 0 Å². The number of hydrogen-bond donors (Lipinski definition) is 0. The molecule has 3 saturated heterocycles. The summed E-state index contributed by atoms with van der Waals surface area (Å²) in [6, 6.07) is 5.52. The number of urea groups is 1. The number of likely N-dealkylation sites (tertiary alicyclic amines) is 1. The number of ether oxygens (including phenoxy) is 1. The van der Waals surface area contributed by atoms with Crippen molar-refractivity contribution in [2.45, 2.75) is 38.8 Å². The molecule has 1 aromatic heterocycles. The molecule has 7 nitrogen and oxygen atoms in total. The van der Waals surface area contributed by atoms with Crippen LogP contribution in [0.1, 0.15) is 31.9 Å². The number of carbonyl (C=O) groups excluding carboxylic acids is 2. The van der Waals surface area contributed by atoms with Gasteiger partial charge in [0.2, 0.25) is 5.88 Å². The molecule has 3 amide bonds. The van der Waals surface area contributed by atoms with E-state index in [9.17, 15) is 9.59 Å². The van der Waals surface area contributed by atoms with Crippen molar-refractivity contribution in [1.29, 1.82) is 0 Å². The fourth-order valence-corrected chi connectivity index (χ4v) is 4.63. The summed E-state index contributed by atoms with van der Waals surface area (Å²) in [5.74, 6) is 0.641. The van der Waals surface area contributed by atoms with Crippen LogP contribution in [0.15, 0.2) is 18.2 Å². The molecule has 1 unspecified atom stereocenters. The predicted octanol–water partition coefficient (Wildman–Crippen LogP) is 1.73. The summed E-state index contributed by atoms with van der Waals surface area (Å²) >= 11 is 0. The van der Waals surface area contributed by atoms with Gasteiger partial charge in [-0.25, -0.2) is 9.78 Å². The van der Waals surface area contributed by atoms with Gasteiger partial charge in [0.05, 0.1) is 12.8 Å². The van der Waals surface area contributed by atoms with Crippen molar-refractivity contribution < 1.29 is 14.3 Å². The molecule has 0 aromatic carbocycles. The van der Waals surface area contributed by atoms with E-state index in [0.29, 0.717) is 12.4 Å². The van der Waals surface area contributed by atoms with Gasteiger partial charge in [-0.3, -0.25) is 14.6 Å². The third kappa shape index (κ3) is 2.84. The second-order valence-electron chi connectivity index (χ2n) is 7.66. The highest BCUT2D eigenvalue weighted by Gasteiger charge is 2.55. The number of methoxy groups -OCH3 is 1. The minimum Gasteiger partial charge on any atom is -0.481 e. The molecule has 1 spiro atoms. The lowest BCUT2D eigenvalue weighted by molar-refractivity contribution is -0.128. The van der Waals surface area contributed by atoms with Gasteiger partial charge >= 0.3 is 6.03 Å². The summed E-state index contributed by atoms with van der Waals surface area (Å²) in [6.45, 7) is 5.81. The summed E-state index contributed by atoms with van der Waals surface area (Å²) in [6.07, 6.45) is 2.87. The highest BCUT2D eigenvalue weighted by Crippen LogP contribution is 2.46. The summed E-state index contributed by atoms with van der Waals surface area (Å²) in [4.78, 5) is 35.0. The largest absolute Gasteiger partial charge is 0.481 e. The third-order valence-corrected chi connectivity index (χ3v) is 6.14. The number of fused-ring (bicyclic) bond motifs is 1. The van der Waals surface area contributed by atoms with Gasteiger partial charge in [-0.15, -0.1) is 0 Å². The number of likely N-dealkylation sites (N-methyl/N-ethyl adjacent to an activating group) is 1. The van der Waals surface area contributed by atoms with Crippen LogP contribution < -0.4 is 4.74 Å². The highest BCUT2D eigenvalue weighted by atomic mass is 16.5. The van der Waals surface area contributed by atoms with Crippen molar-refractivity contribution in [3.8, 4) is 5.88 Å². The van der Waals surface area contributed by atoms with E-state index in [1.54, 1.807) is 7.11 Å². The summed E-state index contributed by atoms with van der Waals surface area (Å²) < 4.78 is 5.20. The van der Waals surface area contributed by atoms with Crippen LogP contribution in [-0.4, -0.2) is 71.0 Å². The standard InChI is InChI=1S/C19H26N4O3/c1-3-22-17(24)15-11-19(13-23(15)18(22)25)7-9-21(10-8-19)12-14-5-4-6-16(20-14)26-2/h4-6,15H,3,7-13H2,1-2H3. The summed E-state index contributed by atoms with van der Waals surface area (Å²) in [7, 11) is 1.63. The third-order valence-electron chi connectivity index (χ3n) is 6.14. The van der Waals surface area contributed by atoms with Gasteiger partial charge in [0, 0.05) is 25.7 Å². The highest BCUT2D eigenvalue weighted by molar-refractivity contribution is 6.04. The van der Waals surface area contributed by atoms with Crippen LogP contribution in [0.5, 0.6) is 5.88 Å². The number of nitrogens with zero attached hydrogens (tertiary/aromatic N) is 4. The Kier molecular flexibility index (Phi) is 4.34. The van der Waals surface area contributed by atoms with Crippen LogP contribution in [0.3, 0.4) is 0 Å². The molecule has 3 fully saturated rings. The van der Waals surface area contributed by atoms with Gasteiger partial charge in [-0.2, -0.15) is 0 Å². The molecule has 3 aliphatic rings. The molecule has 0 bridgehead atoms. The van der Waals surface area contributed by atoms with Crippen molar-refractivity contribution in [3.63, 3.8) is 0 Å². The molecule has 140 valence electrons. The van der Waals surface area contributed by atoms with Gasteiger partial charge in [-0.1, -0.05) is 6.07 Å². The second kappa shape index (κ2) is 6.54. The Morgan fingerprint density at radius 3 is 2.69 bits per heavy atom. The normalized spacial score (nSPS) is 25.2. The lowest BCUT2D eigenvalue weighted by Gasteiger charge is -2.39. The first kappa shape index (κ1) is 17.3. The molecule has 4 rings (SSSR count). The number of aromatic nitrogens is 1. The topological polar surface area (TPSA) is 66.0 Å². The molecular formula is C19H26N4O3. The first-order valence-electron chi connectivity index (χ1n) is 9.39. The van der Waals surface area contributed by atoms with Crippen molar-refractivity contribution >= 4 is 11.9 Å². The Labute approximate surface area is 153 Å². The van der Waals surface area contributed by atoms with Crippen LogP contribution in [0.2, 0.25) is 0 Å². The maximum absolute atomic E-state index is 12.5. The zero-order chi connectivity index (χ0) is 18.3. The van der Waals surface area contributed by atoms with E-state index in [-0.39, 0.29) is 23.4 Å². The van der Waals surface area contributed by atoms with Crippen LogP contribution in [-0.2, 0) is 11.3 Å². The summed E-state index contributed by atoms with van der Waals surface area (Å²) in [5.41, 5.74) is 1.12.